The fraction of sp³-hybridized carbons (Fsp3) is 0.208. The number of benzene rings is 2. The molecule has 2 atom stereocenters. The summed E-state index contributed by atoms with van der Waals surface area (Å²) >= 11 is 0. The molecule has 3 aliphatic rings. The van der Waals surface area contributed by atoms with Crippen molar-refractivity contribution < 1.29 is 9.59 Å². The van der Waals surface area contributed by atoms with Crippen molar-refractivity contribution in [2.24, 2.45) is 11.7 Å². The molecule has 2 aliphatic heterocycles. The number of nitrogens with one attached hydrogen (secondary N) is 1. The standard InChI is InChI=1S/C24H20N4O2/c1-14-11-19-21(20(29)12-14)24(16-9-5-6-10-18(16)27-23(24)30)17(13-25)22(26)28(19)15-7-3-2-4-8-15/h2-10,14H,11-12,26H2,1H3,(H,27,30)/t14-,24-/m1/s1. The third kappa shape index (κ3) is 2.17. The molecule has 2 aromatic rings. The van der Waals surface area contributed by atoms with Gasteiger partial charge in [-0.2, -0.15) is 5.26 Å². The van der Waals surface area contributed by atoms with Crippen molar-refractivity contribution in [3.8, 4) is 6.07 Å². The number of nitriles is 1. The van der Waals surface area contributed by atoms with Crippen LogP contribution in [-0.2, 0) is 15.0 Å². The second-order valence-corrected chi connectivity index (χ2v) is 8.05. The molecular weight excluding hydrogens is 376 g/mol. The van der Waals surface area contributed by atoms with Crippen LogP contribution in [0.2, 0.25) is 0 Å². The topological polar surface area (TPSA) is 99.2 Å². The van der Waals surface area contributed by atoms with Gasteiger partial charge >= 0.3 is 0 Å². The minimum absolute atomic E-state index is 0.0930. The van der Waals surface area contributed by atoms with Crippen molar-refractivity contribution in [1.29, 1.82) is 5.26 Å². The summed E-state index contributed by atoms with van der Waals surface area (Å²) in [6.45, 7) is 2.01. The fourth-order valence-electron chi connectivity index (χ4n) is 5.05. The molecule has 30 heavy (non-hydrogen) atoms. The molecule has 0 bridgehead atoms. The molecule has 5 rings (SSSR count). The predicted octanol–water partition coefficient (Wildman–Crippen LogP) is 3.34. The zero-order valence-corrected chi connectivity index (χ0v) is 16.5. The van der Waals surface area contributed by atoms with E-state index in [9.17, 15) is 14.9 Å². The van der Waals surface area contributed by atoms with Crippen LogP contribution in [0, 0.1) is 17.2 Å². The van der Waals surface area contributed by atoms with Crippen LogP contribution in [0.4, 0.5) is 11.4 Å². The molecule has 0 saturated heterocycles. The first-order valence-electron chi connectivity index (χ1n) is 9.93. The lowest BCUT2D eigenvalue weighted by Crippen LogP contribution is -2.51. The van der Waals surface area contributed by atoms with Crippen LogP contribution in [0.1, 0.15) is 25.3 Å². The van der Waals surface area contributed by atoms with Crippen LogP contribution in [0.25, 0.3) is 0 Å². The van der Waals surface area contributed by atoms with Gasteiger partial charge in [0, 0.05) is 34.6 Å². The zero-order chi connectivity index (χ0) is 21.0. The van der Waals surface area contributed by atoms with E-state index in [2.05, 4.69) is 11.4 Å². The number of anilines is 2. The van der Waals surface area contributed by atoms with Crippen LogP contribution in [0.5, 0.6) is 0 Å². The van der Waals surface area contributed by atoms with E-state index in [1.807, 2.05) is 49.4 Å². The molecule has 6 heteroatoms. The van der Waals surface area contributed by atoms with Crippen molar-refractivity contribution in [1.82, 2.24) is 0 Å². The number of rotatable bonds is 1. The summed E-state index contributed by atoms with van der Waals surface area (Å²) in [6, 6.07) is 18.8. The van der Waals surface area contributed by atoms with Gasteiger partial charge in [0.05, 0.1) is 5.57 Å². The van der Waals surface area contributed by atoms with Gasteiger partial charge in [-0.3, -0.25) is 14.5 Å². The van der Waals surface area contributed by atoms with E-state index in [4.69, 9.17) is 5.73 Å². The molecular formula is C24H20N4O2. The van der Waals surface area contributed by atoms with E-state index >= 15 is 0 Å². The molecule has 0 fully saturated rings. The second kappa shape index (κ2) is 6.33. The molecule has 1 aliphatic carbocycles. The number of ketones is 1. The molecule has 2 heterocycles. The van der Waals surface area contributed by atoms with Crippen molar-refractivity contribution in [2.75, 3.05) is 10.2 Å². The number of hydrogen-bond acceptors (Lipinski definition) is 5. The first-order valence-corrected chi connectivity index (χ1v) is 9.93. The highest BCUT2D eigenvalue weighted by molar-refractivity contribution is 6.19. The van der Waals surface area contributed by atoms with Crippen molar-refractivity contribution in [2.45, 2.75) is 25.2 Å². The molecule has 3 N–H and O–H groups in total. The minimum Gasteiger partial charge on any atom is -0.384 e. The van der Waals surface area contributed by atoms with Gasteiger partial charge in [-0.25, -0.2) is 0 Å². The van der Waals surface area contributed by atoms with Gasteiger partial charge in [-0.15, -0.1) is 0 Å². The third-order valence-electron chi connectivity index (χ3n) is 6.21. The van der Waals surface area contributed by atoms with E-state index in [0.717, 1.165) is 5.69 Å². The maximum Gasteiger partial charge on any atom is 0.245 e. The second-order valence-electron chi connectivity index (χ2n) is 8.05. The molecule has 148 valence electrons. The van der Waals surface area contributed by atoms with E-state index in [0.29, 0.717) is 35.4 Å². The number of carbonyl (C=O) groups excluding carboxylic acids is 2. The number of fused-ring (bicyclic) bond motifs is 3. The minimum atomic E-state index is -1.51. The summed E-state index contributed by atoms with van der Waals surface area (Å²) in [6.07, 6.45) is 0.920. The Morgan fingerprint density at radius 2 is 1.80 bits per heavy atom. The number of carbonyl (C=O) groups is 2. The van der Waals surface area contributed by atoms with Gasteiger partial charge in [0.1, 0.15) is 17.3 Å². The van der Waals surface area contributed by atoms with Crippen LogP contribution in [-0.4, -0.2) is 11.7 Å². The third-order valence-corrected chi connectivity index (χ3v) is 6.21. The summed E-state index contributed by atoms with van der Waals surface area (Å²) in [7, 11) is 0. The van der Waals surface area contributed by atoms with Crippen molar-refractivity contribution in [3.63, 3.8) is 0 Å². The Hall–Kier alpha value is -3.85. The van der Waals surface area contributed by atoms with Gasteiger partial charge in [0.15, 0.2) is 5.78 Å². The largest absolute Gasteiger partial charge is 0.384 e. The first kappa shape index (κ1) is 18.2. The first-order chi connectivity index (χ1) is 14.5. The fourth-order valence-corrected chi connectivity index (χ4v) is 5.05. The number of nitrogens with two attached hydrogens (primary N) is 1. The SMILES string of the molecule is C[C@H]1CC(=O)C2=C(C1)N(c1ccccc1)C(N)=C(C#N)[C@@]21C(=O)Nc2ccccc21. The van der Waals surface area contributed by atoms with Crippen LogP contribution in [0.3, 0.4) is 0 Å². The van der Waals surface area contributed by atoms with Crippen LogP contribution in [0.15, 0.2) is 77.3 Å². The summed E-state index contributed by atoms with van der Waals surface area (Å²) in [4.78, 5) is 28.7. The summed E-state index contributed by atoms with van der Waals surface area (Å²) in [5, 5.41) is 13.1. The van der Waals surface area contributed by atoms with E-state index in [1.165, 1.54) is 0 Å². The molecule has 0 saturated carbocycles. The molecule has 0 radical (unpaired) electrons. The van der Waals surface area contributed by atoms with Gasteiger partial charge in [0.25, 0.3) is 0 Å². The van der Waals surface area contributed by atoms with Crippen LogP contribution < -0.4 is 16.0 Å². The van der Waals surface area contributed by atoms with Gasteiger partial charge in [-0.05, 0) is 30.5 Å². The number of Topliss-reactive ketones (excluding diaryl/α,β-unsaturated/α-hetero) is 1. The van der Waals surface area contributed by atoms with E-state index in [1.54, 1.807) is 17.0 Å². The Morgan fingerprint density at radius 3 is 2.53 bits per heavy atom. The number of para-hydroxylation sites is 2. The summed E-state index contributed by atoms with van der Waals surface area (Å²) < 4.78 is 0. The monoisotopic (exact) mass is 396 g/mol. The smallest absolute Gasteiger partial charge is 0.245 e. The van der Waals surface area contributed by atoms with Gasteiger partial charge in [-0.1, -0.05) is 43.3 Å². The maximum atomic E-state index is 13.5. The number of nitrogens with zero attached hydrogens (tertiary/aromatic N) is 2. The molecule has 1 amide bonds. The lowest BCUT2D eigenvalue weighted by molar-refractivity contribution is -0.123. The maximum absolute atomic E-state index is 13.5. The van der Waals surface area contributed by atoms with Crippen molar-refractivity contribution in [3.05, 3.63) is 82.8 Å². The summed E-state index contributed by atoms with van der Waals surface area (Å²) in [5.74, 6) is -0.213. The van der Waals surface area contributed by atoms with Crippen LogP contribution >= 0.6 is 0 Å². The quantitative estimate of drug-likeness (QED) is 0.770. The normalized spacial score (nSPS) is 25.2. The molecule has 2 aromatic carbocycles. The highest BCUT2D eigenvalue weighted by Crippen LogP contribution is 2.55. The summed E-state index contributed by atoms with van der Waals surface area (Å²) in [5.41, 5.74) is 8.23. The Morgan fingerprint density at radius 1 is 1.10 bits per heavy atom. The highest BCUT2D eigenvalue weighted by atomic mass is 16.2. The number of amides is 1. The predicted molar refractivity (Wildman–Crippen MR) is 113 cm³/mol. The average molecular weight is 396 g/mol. The lowest BCUT2D eigenvalue weighted by Gasteiger charge is -2.44. The molecule has 0 aromatic heterocycles. The van der Waals surface area contributed by atoms with E-state index in [-0.39, 0.29) is 23.1 Å². The Bertz CT molecular complexity index is 1210. The van der Waals surface area contributed by atoms with Gasteiger partial charge < -0.3 is 11.1 Å². The molecule has 1 spiro atoms. The Labute approximate surface area is 174 Å². The van der Waals surface area contributed by atoms with E-state index < -0.39 is 11.3 Å². The zero-order valence-electron chi connectivity index (χ0n) is 16.5. The average Bonchev–Trinajstić information content (AvgIpc) is 3.01. The molecule has 0 unspecified atom stereocenters. The highest BCUT2D eigenvalue weighted by Gasteiger charge is 2.60. The number of hydrogen-bond donors (Lipinski definition) is 2. The number of allylic oxidation sites excluding steroid dienone is 1. The Balaban J connectivity index is 1.90. The lowest BCUT2D eigenvalue weighted by atomic mass is 9.63. The Kier molecular flexibility index (Phi) is 3.84. The van der Waals surface area contributed by atoms with Crippen molar-refractivity contribution >= 4 is 23.1 Å². The molecule has 6 nitrogen and oxygen atoms in total. The van der Waals surface area contributed by atoms with Gasteiger partial charge in [0.2, 0.25) is 5.91 Å².